The quantitative estimate of drug-likeness (QED) is 0.728. The minimum absolute atomic E-state index is 0.00666. The van der Waals surface area contributed by atoms with Gasteiger partial charge in [-0.1, -0.05) is 32.9 Å². The molecule has 0 saturated carbocycles. The van der Waals surface area contributed by atoms with Gasteiger partial charge in [-0.05, 0) is 11.5 Å². The summed E-state index contributed by atoms with van der Waals surface area (Å²) in [5.74, 6) is -0.811. The maximum absolute atomic E-state index is 13.2. The third-order valence-electron chi connectivity index (χ3n) is 5.73. The first-order chi connectivity index (χ1) is 12.7. The molecule has 2 amide bonds. The second-order valence-corrected chi connectivity index (χ2v) is 9.18. The summed E-state index contributed by atoms with van der Waals surface area (Å²) in [6, 6.07) is 1.86. The van der Waals surface area contributed by atoms with E-state index in [1.165, 1.54) is 0 Å². The number of hydrogen-bond donors (Lipinski definition) is 0. The maximum Gasteiger partial charge on any atom is 0.230 e. The number of aromatic nitrogens is 2. The smallest absolute Gasteiger partial charge is 0.230 e. The Balaban J connectivity index is 1.49. The van der Waals surface area contributed by atoms with Crippen molar-refractivity contribution in [3.63, 3.8) is 0 Å². The van der Waals surface area contributed by atoms with Crippen LogP contribution in [0.3, 0.4) is 0 Å². The first-order valence-corrected chi connectivity index (χ1v) is 9.59. The Kier molecular flexibility index (Phi) is 4.18. The molecule has 2 saturated heterocycles. The fourth-order valence-corrected chi connectivity index (χ4v) is 4.62. The van der Waals surface area contributed by atoms with Gasteiger partial charge in [0.25, 0.3) is 0 Å². The number of amides is 2. The number of likely N-dealkylation sites (N-methyl/N-ethyl adjacent to an activating group) is 1. The molecule has 27 heavy (non-hydrogen) atoms. The van der Waals surface area contributed by atoms with E-state index in [1.54, 1.807) is 22.8 Å². The van der Waals surface area contributed by atoms with Crippen molar-refractivity contribution in [1.29, 1.82) is 0 Å². The average Bonchev–Trinajstić information content (AvgIpc) is 3.33. The molecule has 4 heterocycles. The highest BCUT2D eigenvalue weighted by atomic mass is 16.5. The lowest BCUT2D eigenvalue weighted by Gasteiger charge is -2.29. The lowest BCUT2D eigenvalue weighted by molar-refractivity contribution is -0.142. The number of carbonyl (C=O) groups is 2. The van der Waals surface area contributed by atoms with Gasteiger partial charge in [0.15, 0.2) is 0 Å². The molecule has 3 aliphatic heterocycles. The van der Waals surface area contributed by atoms with Crippen molar-refractivity contribution in [1.82, 2.24) is 19.6 Å². The molecular weight excluding hydrogens is 344 g/mol. The third-order valence-corrected chi connectivity index (χ3v) is 5.73. The summed E-state index contributed by atoms with van der Waals surface area (Å²) in [4.78, 5) is 29.9. The summed E-state index contributed by atoms with van der Waals surface area (Å²) < 4.78 is 7.99. The largest absolute Gasteiger partial charge is 0.360 e. The lowest BCUT2D eigenvalue weighted by atomic mass is 9.76. The Bertz CT molecular complexity index is 767. The van der Waals surface area contributed by atoms with Gasteiger partial charge in [-0.2, -0.15) is 5.10 Å². The van der Waals surface area contributed by atoms with Gasteiger partial charge in [-0.3, -0.25) is 14.3 Å². The number of fused-ring (bicyclic) bond motifs is 1. The molecule has 0 N–H and O–H groups in total. The molecule has 1 aromatic rings. The first-order valence-electron chi connectivity index (χ1n) is 9.59. The zero-order chi connectivity index (χ0) is 19.4. The third kappa shape index (κ3) is 3.08. The van der Waals surface area contributed by atoms with Crippen LogP contribution in [0, 0.1) is 17.3 Å². The Hall–Kier alpha value is -2.15. The molecule has 1 aromatic heterocycles. The van der Waals surface area contributed by atoms with Gasteiger partial charge in [0.05, 0.1) is 31.0 Å². The summed E-state index contributed by atoms with van der Waals surface area (Å²) in [6.07, 6.45) is 7.28. The summed E-state index contributed by atoms with van der Waals surface area (Å²) in [6.45, 7) is 8.74. The van der Waals surface area contributed by atoms with Crippen LogP contribution in [0.1, 0.15) is 20.8 Å². The molecule has 0 radical (unpaired) electrons. The molecule has 146 valence electrons. The Morgan fingerprint density at radius 3 is 2.89 bits per heavy atom. The van der Waals surface area contributed by atoms with Gasteiger partial charge in [0.1, 0.15) is 5.60 Å². The molecule has 0 unspecified atom stereocenters. The molecule has 7 nitrogen and oxygen atoms in total. The summed E-state index contributed by atoms with van der Waals surface area (Å²) in [7, 11) is 1.79. The summed E-state index contributed by atoms with van der Waals surface area (Å²) in [5.41, 5.74) is -0.622. The van der Waals surface area contributed by atoms with Crippen molar-refractivity contribution in [3.05, 3.63) is 30.6 Å². The van der Waals surface area contributed by atoms with Crippen LogP contribution in [0.15, 0.2) is 30.6 Å². The van der Waals surface area contributed by atoms with Gasteiger partial charge in [0, 0.05) is 32.5 Å². The maximum atomic E-state index is 13.2. The number of hydrogen-bond acceptors (Lipinski definition) is 4. The fourth-order valence-electron chi connectivity index (χ4n) is 4.62. The number of rotatable bonds is 5. The first kappa shape index (κ1) is 18.2. The van der Waals surface area contributed by atoms with E-state index in [2.05, 4.69) is 25.9 Å². The van der Waals surface area contributed by atoms with E-state index in [-0.39, 0.29) is 23.3 Å². The fraction of sp³-hybridized carbons (Fsp3) is 0.650. The lowest BCUT2D eigenvalue weighted by Crippen LogP contribution is -2.45. The molecule has 2 bridgehead atoms. The Morgan fingerprint density at radius 1 is 1.44 bits per heavy atom. The standard InChI is InChI=1S/C20H28N4O3/c1-19(2,3)12-23-13-20-7-6-14(27-20)15(16(20)18(23)26)17(25)22(4)10-11-24-9-5-8-21-24/h5-9,14-16H,10-13H2,1-4H3/t14-,15+,16+,20-/m0/s1. The molecule has 3 aliphatic rings. The predicted octanol–water partition coefficient (Wildman–Crippen LogP) is 1.17. The van der Waals surface area contributed by atoms with Crippen molar-refractivity contribution in [3.8, 4) is 0 Å². The molecule has 7 heteroatoms. The normalized spacial score (nSPS) is 31.6. The van der Waals surface area contributed by atoms with Gasteiger partial charge in [-0.15, -0.1) is 0 Å². The number of carbonyl (C=O) groups excluding carboxylic acids is 2. The monoisotopic (exact) mass is 372 g/mol. The highest BCUT2D eigenvalue weighted by molar-refractivity contribution is 5.93. The van der Waals surface area contributed by atoms with Crippen molar-refractivity contribution in [2.24, 2.45) is 17.3 Å². The van der Waals surface area contributed by atoms with Crippen molar-refractivity contribution in [2.75, 3.05) is 26.7 Å². The molecule has 2 fully saturated rings. The van der Waals surface area contributed by atoms with Crippen LogP contribution in [0.25, 0.3) is 0 Å². The van der Waals surface area contributed by atoms with Crippen LogP contribution >= 0.6 is 0 Å². The highest BCUT2D eigenvalue weighted by Crippen LogP contribution is 2.52. The van der Waals surface area contributed by atoms with Gasteiger partial charge < -0.3 is 14.5 Å². The highest BCUT2D eigenvalue weighted by Gasteiger charge is 2.67. The van der Waals surface area contributed by atoms with Crippen molar-refractivity contribution >= 4 is 11.8 Å². The van der Waals surface area contributed by atoms with Crippen LogP contribution in [0.5, 0.6) is 0 Å². The van der Waals surface area contributed by atoms with Gasteiger partial charge in [0.2, 0.25) is 11.8 Å². The van der Waals surface area contributed by atoms with Gasteiger partial charge in [-0.25, -0.2) is 0 Å². The van der Waals surface area contributed by atoms with Crippen LogP contribution in [-0.2, 0) is 20.9 Å². The second-order valence-electron chi connectivity index (χ2n) is 9.18. The summed E-state index contributed by atoms with van der Waals surface area (Å²) in [5, 5.41) is 4.17. The van der Waals surface area contributed by atoms with E-state index in [0.29, 0.717) is 26.2 Å². The SMILES string of the molecule is CN(CCn1cccn1)C(=O)[C@@H]1[C@@H]2C=C[C@@]3(CN(CC(C)(C)C)C(=O)[C@@H]13)O2. The predicted molar refractivity (Wildman–Crippen MR) is 99.6 cm³/mol. The Morgan fingerprint density at radius 2 is 2.22 bits per heavy atom. The molecular formula is C20H28N4O3. The minimum Gasteiger partial charge on any atom is -0.360 e. The van der Waals surface area contributed by atoms with Crippen LogP contribution < -0.4 is 0 Å². The van der Waals surface area contributed by atoms with Crippen molar-refractivity contribution in [2.45, 2.75) is 39.0 Å². The van der Waals surface area contributed by atoms with Crippen LogP contribution in [-0.4, -0.2) is 69.8 Å². The minimum atomic E-state index is -0.629. The average molecular weight is 372 g/mol. The number of nitrogens with zero attached hydrogens (tertiary/aromatic N) is 4. The van der Waals surface area contributed by atoms with E-state index >= 15 is 0 Å². The second kappa shape index (κ2) is 6.19. The van der Waals surface area contributed by atoms with Gasteiger partial charge >= 0.3 is 0 Å². The molecule has 0 aromatic carbocycles. The van der Waals surface area contributed by atoms with Crippen molar-refractivity contribution < 1.29 is 14.3 Å². The zero-order valence-corrected chi connectivity index (χ0v) is 16.5. The van der Waals surface area contributed by atoms with E-state index in [1.807, 2.05) is 29.3 Å². The number of likely N-dealkylation sites (tertiary alicyclic amines) is 1. The topological polar surface area (TPSA) is 67.7 Å². The number of ether oxygens (including phenoxy) is 1. The molecule has 4 atom stereocenters. The van der Waals surface area contributed by atoms with E-state index in [9.17, 15) is 9.59 Å². The van der Waals surface area contributed by atoms with Crippen LogP contribution in [0.2, 0.25) is 0 Å². The molecule has 1 spiro atoms. The summed E-state index contributed by atoms with van der Waals surface area (Å²) >= 11 is 0. The van der Waals surface area contributed by atoms with E-state index in [4.69, 9.17) is 4.74 Å². The zero-order valence-electron chi connectivity index (χ0n) is 16.5. The molecule has 0 aliphatic carbocycles. The Labute approximate surface area is 159 Å². The van der Waals surface area contributed by atoms with E-state index < -0.39 is 17.4 Å². The van der Waals surface area contributed by atoms with E-state index in [0.717, 1.165) is 0 Å². The molecule has 4 rings (SSSR count). The van der Waals surface area contributed by atoms with Crippen LogP contribution in [0.4, 0.5) is 0 Å².